The molecule has 7 nitrogen and oxygen atoms in total. The molecule has 7 heteroatoms. The normalized spacial score (nSPS) is 23.2. The monoisotopic (exact) mass is 510 g/mol. The molecule has 38 heavy (non-hydrogen) atoms. The molecule has 3 aromatic carbocycles. The van der Waals surface area contributed by atoms with Crippen molar-refractivity contribution in [1.29, 1.82) is 0 Å². The molecule has 0 aromatic heterocycles. The molecule has 2 saturated heterocycles. The molecule has 0 aliphatic carbocycles. The van der Waals surface area contributed by atoms with Gasteiger partial charge in [-0.05, 0) is 28.8 Å². The van der Waals surface area contributed by atoms with E-state index in [1.54, 1.807) is 24.3 Å². The van der Waals surface area contributed by atoms with Crippen LogP contribution in [0.5, 0.6) is 0 Å². The number of hydrogen-bond acceptors (Lipinski definition) is 7. The Labute approximate surface area is 220 Å². The number of carbonyl (C=O) groups excluding carboxylic acids is 3. The van der Waals surface area contributed by atoms with Gasteiger partial charge in [0.05, 0.1) is 6.42 Å². The van der Waals surface area contributed by atoms with Crippen molar-refractivity contribution in [3.63, 3.8) is 0 Å². The lowest BCUT2D eigenvalue weighted by molar-refractivity contribution is -0.169. The molecule has 0 amide bonds. The molecule has 0 N–H and O–H groups in total. The smallest absolute Gasteiger partial charge is 0.331 e. The van der Waals surface area contributed by atoms with Gasteiger partial charge in [-0.25, -0.2) is 9.59 Å². The van der Waals surface area contributed by atoms with E-state index in [4.69, 9.17) is 18.9 Å². The van der Waals surface area contributed by atoms with Gasteiger partial charge in [-0.1, -0.05) is 91.0 Å². The van der Waals surface area contributed by atoms with Crippen molar-refractivity contribution in [2.75, 3.05) is 0 Å². The van der Waals surface area contributed by atoms with Crippen LogP contribution in [-0.2, 0) is 33.3 Å². The van der Waals surface area contributed by atoms with Crippen molar-refractivity contribution in [3.8, 4) is 0 Å². The van der Waals surface area contributed by atoms with E-state index >= 15 is 0 Å². The van der Waals surface area contributed by atoms with Gasteiger partial charge in [0.25, 0.3) is 0 Å². The van der Waals surface area contributed by atoms with Crippen LogP contribution in [0, 0.1) is 0 Å². The third-order valence-corrected chi connectivity index (χ3v) is 6.33. The molecule has 0 spiro atoms. The van der Waals surface area contributed by atoms with Crippen molar-refractivity contribution in [2.45, 2.75) is 36.9 Å². The predicted octanol–water partition coefficient (Wildman–Crippen LogP) is 4.69. The van der Waals surface area contributed by atoms with E-state index in [1.165, 1.54) is 12.2 Å². The minimum Gasteiger partial charge on any atom is -0.455 e. The molecule has 2 fully saturated rings. The largest absolute Gasteiger partial charge is 0.455 e. The first-order valence-electron chi connectivity index (χ1n) is 12.3. The second-order valence-corrected chi connectivity index (χ2v) is 8.96. The third-order valence-electron chi connectivity index (χ3n) is 6.33. The van der Waals surface area contributed by atoms with Crippen LogP contribution in [-0.4, -0.2) is 42.3 Å². The molecular weight excluding hydrogens is 484 g/mol. The summed E-state index contributed by atoms with van der Waals surface area (Å²) in [5.41, 5.74) is 2.33. The van der Waals surface area contributed by atoms with Gasteiger partial charge in [0.1, 0.15) is 12.2 Å². The number of esters is 3. The number of carbonyl (C=O) groups is 3. The van der Waals surface area contributed by atoms with E-state index < -0.39 is 48.4 Å². The number of hydrogen-bond donors (Lipinski definition) is 0. The van der Waals surface area contributed by atoms with Gasteiger partial charge in [-0.3, -0.25) is 4.79 Å². The van der Waals surface area contributed by atoms with Gasteiger partial charge in [0, 0.05) is 12.2 Å². The summed E-state index contributed by atoms with van der Waals surface area (Å²) in [6.45, 7) is 0. The zero-order chi connectivity index (χ0) is 26.3. The van der Waals surface area contributed by atoms with Crippen molar-refractivity contribution in [3.05, 3.63) is 120 Å². The van der Waals surface area contributed by atoms with Gasteiger partial charge in [-0.15, -0.1) is 0 Å². The molecular formula is C31H26O7. The van der Waals surface area contributed by atoms with Gasteiger partial charge in [0.2, 0.25) is 0 Å². The van der Waals surface area contributed by atoms with Crippen molar-refractivity contribution >= 4 is 30.1 Å². The first-order chi connectivity index (χ1) is 18.6. The molecule has 5 rings (SSSR count). The average Bonchev–Trinajstić information content (AvgIpc) is 3.47. The maximum atomic E-state index is 12.9. The molecule has 2 aliphatic heterocycles. The third kappa shape index (κ3) is 6.07. The Balaban J connectivity index is 1.38. The number of benzene rings is 3. The zero-order valence-corrected chi connectivity index (χ0v) is 20.4. The highest BCUT2D eigenvalue weighted by molar-refractivity contribution is 5.88. The van der Waals surface area contributed by atoms with Gasteiger partial charge >= 0.3 is 17.9 Å². The lowest BCUT2D eigenvalue weighted by atomic mass is 9.98. The fraction of sp³-hybridized carbons (Fsp3) is 0.194. The Kier molecular flexibility index (Phi) is 7.75. The van der Waals surface area contributed by atoms with Crippen LogP contribution in [0.4, 0.5) is 0 Å². The summed E-state index contributed by atoms with van der Waals surface area (Å²) < 4.78 is 23.3. The fourth-order valence-electron chi connectivity index (χ4n) is 4.57. The summed E-state index contributed by atoms with van der Waals surface area (Å²) >= 11 is 0. The summed E-state index contributed by atoms with van der Waals surface area (Å²) in [7, 11) is 0. The summed E-state index contributed by atoms with van der Waals surface area (Å²) in [6, 6.07) is 27.8. The van der Waals surface area contributed by atoms with Gasteiger partial charge < -0.3 is 18.9 Å². The Morgan fingerprint density at radius 2 is 1.34 bits per heavy atom. The van der Waals surface area contributed by atoms with Crippen LogP contribution in [0.15, 0.2) is 103 Å². The molecule has 5 atom stereocenters. The second-order valence-electron chi connectivity index (χ2n) is 8.96. The Morgan fingerprint density at radius 1 is 0.789 bits per heavy atom. The molecule has 0 unspecified atom stereocenters. The standard InChI is InChI=1S/C31H26O7/c32-25(18-16-21-10-4-1-5-11-21)36-28(23-14-8-3-9-15-23)30-31(29-24(35-30)20-27(34)38-29)37-26(33)19-17-22-12-6-2-7-13-22/h1-19,24,28-31H,20H2/b18-16+,19-17+/t24-,28-,29+,30-,31-/m1/s1. The summed E-state index contributed by atoms with van der Waals surface area (Å²) in [6.07, 6.45) is 1.77. The van der Waals surface area contributed by atoms with Gasteiger partial charge in [0.15, 0.2) is 18.3 Å². The van der Waals surface area contributed by atoms with Crippen LogP contribution in [0.1, 0.15) is 29.2 Å². The average molecular weight is 511 g/mol. The molecule has 3 aromatic rings. The molecule has 0 radical (unpaired) electrons. The van der Waals surface area contributed by atoms with E-state index in [1.807, 2.05) is 78.9 Å². The summed E-state index contributed by atoms with van der Waals surface area (Å²) in [4.78, 5) is 37.7. The highest BCUT2D eigenvalue weighted by atomic mass is 16.7. The van der Waals surface area contributed by atoms with Crippen LogP contribution in [0.3, 0.4) is 0 Å². The van der Waals surface area contributed by atoms with Crippen LogP contribution in [0.25, 0.3) is 12.2 Å². The van der Waals surface area contributed by atoms with Crippen LogP contribution < -0.4 is 0 Å². The lowest BCUT2D eigenvalue weighted by Crippen LogP contribution is -2.40. The highest BCUT2D eigenvalue weighted by Crippen LogP contribution is 2.40. The molecule has 192 valence electrons. The molecule has 2 heterocycles. The molecule has 0 saturated carbocycles. The number of ether oxygens (including phenoxy) is 4. The Hall–Kier alpha value is -4.49. The quantitative estimate of drug-likeness (QED) is 0.247. The first-order valence-corrected chi connectivity index (χ1v) is 12.3. The SMILES string of the molecule is O=C(/C=C/c1ccccc1)O[C@@H]1[C@H]2OC(=O)C[C@H]2O[C@@H]1[C@H](OC(=O)/C=C/c1ccccc1)c1ccccc1. The van der Waals surface area contributed by atoms with E-state index in [0.29, 0.717) is 5.56 Å². The fourth-order valence-corrected chi connectivity index (χ4v) is 4.57. The van der Waals surface area contributed by atoms with Crippen molar-refractivity contribution in [1.82, 2.24) is 0 Å². The number of fused-ring (bicyclic) bond motifs is 1. The summed E-state index contributed by atoms with van der Waals surface area (Å²) in [5.74, 6) is -1.65. The highest BCUT2D eigenvalue weighted by Gasteiger charge is 2.57. The second kappa shape index (κ2) is 11.7. The first kappa shape index (κ1) is 25.2. The van der Waals surface area contributed by atoms with Crippen molar-refractivity contribution < 1.29 is 33.3 Å². The maximum Gasteiger partial charge on any atom is 0.331 e. The molecule has 2 aliphatic rings. The van der Waals surface area contributed by atoms with E-state index in [0.717, 1.165) is 11.1 Å². The van der Waals surface area contributed by atoms with Crippen molar-refractivity contribution in [2.24, 2.45) is 0 Å². The predicted molar refractivity (Wildman–Crippen MR) is 139 cm³/mol. The minimum atomic E-state index is -0.976. The lowest BCUT2D eigenvalue weighted by Gasteiger charge is -2.28. The van der Waals surface area contributed by atoms with E-state index in [2.05, 4.69) is 0 Å². The molecule has 0 bridgehead atoms. The van der Waals surface area contributed by atoms with E-state index in [9.17, 15) is 14.4 Å². The Bertz CT molecular complexity index is 1320. The maximum absolute atomic E-state index is 12.9. The Morgan fingerprint density at radius 3 is 1.95 bits per heavy atom. The number of rotatable bonds is 8. The zero-order valence-electron chi connectivity index (χ0n) is 20.4. The topological polar surface area (TPSA) is 88.1 Å². The minimum absolute atomic E-state index is 0.0262. The van der Waals surface area contributed by atoms with Crippen LogP contribution in [0.2, 0.25) is 0 Å². The van der Waals surface area contributed by atoms with Crippen LogP contribution >= 0.6 is 0 Å². The van der Waals surface area contributed by atoms with Gasteiger partial charge in [-0.2, -0.15) is 0 Å². The summed E-state index contributed by atoms with van der Waals surface area (Å²) in [5, 5.41) is 0. The van der Waals surface area contributed by atoms with E-state index in [-0.39, 0.29) is 6.42 Å².